The van der Waals surface area contributed by atoms with Gasteiger partial charge in [-0.25, -0.2) is 0 Å². The third kappa shape index (κ3) is 4.37. The molecule has 0 bridgehead atoms. The van der Waals surface area contributed by atoms with Gasteiger partial charge in [-0.05, 0) is 31.4 Å². The Hall–Kier alpha value is -1.95. The lowest BCUT2D eigenvalue weighted by atomic mass is 9.88. The maximum atomic E-state index is 13.0. The van der Waals surface area contributed by atoms with Crippen LogP contribution in [-0.4, -0.2) is 47.4 Å². The summed E-state index contributed by atoms with van der Waals surface area (Å²) in [4.78, 5) is 31.5. The molecule has 25 heavy (non-hydrogen) atoms. The maximum Gasteiger partial charge on any atom is 0.245 e. The molecule has 1 saturated carbocycles. The first-order chi connectivity index (χ1) is 12.2. The lowest BCUT2D eigenvalue weighted by Gasteiger charge is -2.38. The third-order valence-corrected chi connectivity index (χ3v) is 5.30. The summed E-state index contributed by atoms with van der Waals surface area (Å²) in [6.07, 6.45) is 8.87. The van der Waals surface area contributed by atoms with Crippen LogP contribution < -0.4 is 10.6 Å². The van der Waals surface area contributed by atoms with Crippen LogP contribution in [0.1, 0.15) is 50.6 Å². The summed E-state index contributed by atoms with van der Waals surface area (Å²) in [5, 5.41) is 6.29. The van der Waals surface area contributed by atoms with Crippen molar-refractivity contribution in [2.45, 2.75) is 51.1 Å². The minimum atomic E-state index is -0.494. The summed E-state index contributed by atoms with van der Waals surface area (Å²) in [5.74, 6) is 0.0919. The number of carbonyl (C=O) groups is 2. The van der Waals surface area contributed by atoms with Crippen molar-refractivity contribution < 1.29 is 9.59 Å². The second-order valence-corrected chi connectivity index (χ2v) is 7.10. The Labute approximate surface area is 149 Å². The second kappa shape index (κ2) is 8.43. The van der Waals surface area contributed by atoms with Crippen molar-refractivity contribution in [3.8, 4) is 0 Å². The second-order valence-electron chi connectivity index (χ2n) is 7.10. The maximum absolute atomic E-state index is 13.0. The van der Waals surface area contributed by atoms with E-state index in [1.807, 2.05) is 23.2 Å². The highest BCUT2D eigenvalue weighted by molar-refractivity contribution is 5.88. The van der Waals surface area contributed by atoms with Crippen LogP contribution in [0, 0.1) is 5.92 Å². The van der Waals surface area contributed by atoms with Gasteiger partial charge in [0.2, 0.25) is 11.8 Å². The van der Waals surface area contributed by atoms with Gasteiger partial charge in [-0.15, -0.1) is 0 Å². The van der Waals surface area contributed by atoms with Crippen molar-refractivity contribution in [1.29, 1.82) is 0 Å². The Morgan fingerprint density at radius 3 is 2.84 bits per heavy atom. The number of aromatic nitrogens is 1. The van der Waals surface area contributed by atoms with Gasteiger partial charge in [-0.2, -0.15) is 0 Å². The predicted molar refractivity (Wildman–Crippen MR) is 95.7 cm³/mol. The number of amides is 2. The normalized spacial score (nSPS) is 23.1. The quantitative estimate of drug-likeness (QED) is 0.871. The molecular formula is C19H28N4O2. The van der Waals surface area contributed by atoms with E-state index in [-0.39, 0.29) is 23.8 Å². The zero-order valence-electron chi connectivity index (χ0n) is 14.9. The molecule has 3 rings (SSSR count). The third-order valence-electron chi connectivity index (χ3n) is 5.30. The molecule has 1 aliphatic carbocycles. The Morgan fingerprint density at radius 1 is 1.32 bits per heavy atom. The SMILES string of the molecule is C[C@H](NC(=O)C1CCCCC1)C(=O)N1CCNCC1c1cccnc1. The molecule has 1 aromatic rings. The van der Waals surface area contributed by atoms with Gasteiger partial charge in [0.05, 0.1) is 6.04 Å². The molecule has 2 N–H and O–H groups in total. The Bertz CT molecular complexity index is 586. The highest BCUT2D eigenvalue weighted by Crippen LogP contribution is 2.25. The van der Waals surface area contributed by atoms with Gasteiger partial charge in [0.25, 0.3) is 0 Å². The molecular weight excluding hydrogens is 316 g/mol. The average Bonchev–Trinajstić information content (AvgIpc) is 2.68. The number of nitrogens with zero attached hydrogens (tertiary/aromatic N) is 2. The van der Waals surface area contributed by atoms with Gasteiger partial charge >= 0.3 is 0 Å². The molecule has 2 aliphatic rings. The van der Waals surface area contributed by atoms with Crippen molar-refractivity contribution in [1.82, 2.24) is 20.5 Å². The predicted octanol–water partition coefficient (Wildman–Crippen LogP) is 1.64. The van der Waals surface area contributed by atoms with E-state index in [9.17, 15) is 9.59 Å². The zero-order valence-corrected chi connectivity index (χ0v) is 14.9. The van der Waals surface area contributed by atoms with Gasteiger partial charge in [0.15, 0.2) is 0 Å². The Kier molecular flexibility index (Phi) is 6.02. The van der Waals surface area contributed by atoms with Crippen molar-refractivity contribution in [2.24, 2.45) is 5.92 Å². The van der Waals surface area contributed by atoms with Gasteiger partial charge in [0, 0.05) is 37.9 Å². The van der Waals surface area contributed by atoms with Crippen LogP contribution in [0.25, 0.3) is 0 Å². The molecule has 2 fully saturated rings. The first-order valence-electron chi connectivity index (χ1n) is 9.38. The molecule has 6 heteroatoms. The van der Waals surface area contributed by atoms with Crippen molar-refractivity contribution in [3.63, 3.8) is 0 Å². The van der Waals surface area contributed by atoms with E-state index in [0.717, 1.165) is 37.8 Å². The molecule has 1 aliphatic heterocycles. The van der Waals surface area contributed by atoms with E-state index >= 15 is 0 Å². The molecule has 1 saturated heterocycles. The van der Waals surface area contributed by atoms with E-state index in [1.165, 1.54) is 6.42 Å². The van der Waals surface area contributed by atoms with Crippen molar-refractivity contribution >= 4 is 11.8 Å². The Morgan fingerprint density at radius 2 is 2.12 bits per heavy atom. The molecule has 1 aromatic heterocycles. The van der Waals surface area contributed by atoms with Gasteiger partial charge in [0.1, 0.15) is 6.04 Å². The molecule has 6 nitrogen and oxygen atoms in total. The molecule has 2 amide bonds. The largest absolute Gasteiger partial charge is 0.344 e. The van der Waals surface area contributed by atoms with E-state index in [2.05, 4.69) is 15.6 Å². The van der Waals surface area contributed by atoms with Crippen LogP contribution in [0.4, 0.5) is 0 Å². The molecule has 0 spiro atoms. The van der Waals surface area contributed by atoms with Crippen LogP contribution in [0.3, 0.4) is 0 Å². The number of piperazine rings is 1. The number of carbonyl (C=O) groups excluding carboxylic acids is 2. The number of nitrogens with one attached hydrogen (secondary N) is 2. The number of hydrogen-bond acceptors (Lipinski definition) is 4. The number of hydrogen-bond donors (Lipinski definition) is 2. The molecule has 136 valence electrons. The fourth-order valence-corrected chi connectivity index (χ4v) is 3.85. The summed E-state index contributed by atoms with van der Waals surface area (Å²) in [7, 11) is 0. The molecule has 2 heterocycles. The Balaban J connectivity index is 1.64. The van der Waals surface area contributed by atoms with Gasteiger partial charge < -0.3 is 15.5 Å². The van der Waals surface area contributed by atoms with Crippen LogP contribution in [0.15, 0.2) is 24.5 Å². The van der Waals surface area contributed by atoms with E-state index in [1.54, 1.807) is 13.1 Å². The molecule has 1 unspecified atom stereocenters. The average molecular weight is 344 g/mol. The van der Waals surface area contributed by atoms with E-state index in [4.69, 9.17) is 0 Å². The standard InChI is InChI=1S/C19H28N4O2/c1-14(22-18(24)15-6-3-2-4-7-15)19(25)23-11-10-21-13-17(23)16-8-5-9-20-12-16/h5,8-9,12,14-15,17,21H,2-4,6-7,10-11,13H2,1H3,(H,22,24)/t14-,17?/m0/s1. The zero-order chi connectivity index (χ0) is 17.6. The van der Waals surface area contributed by atoms with Crippen LogP contribution in [-0.2, 0) is 9.59 Å². The summed E-state index contributed by atoms with van der Waals surface area (Å²) in [6, 6.07) is 3.35. The first kappa shape index (κ1) is 17.9. The van der Waals surface area contributed by atoms with Gasteiger partial charge in [-0.3, -0.25) is 14.6 Å². The van der Waals surface area contributed by atoms with Crippen molar-refractivity contribution in [3.05, 3.63) is 30.1 Å². The number of pyridine rings is 1. The number of rotatable bonds is 4. The summed E-state index contributed by atoms with van der Waals surface area (Å²) >= 11 is 0. The lowest BCUT2D eigenvalue weighted by molar-refractivity contribution is -0.139. The highest BCUT2D eigenvalue weighted by atomic mass is 16.2. The van der Waals surface area contributed by atoms with Crippen LogP contribution >= 0.6 is 0 Å². The minimum absolute atomic E-state index is 0.0143. The first-order valence-corrected chi connectivity index (χ1v) is 9.38. The summed E-state index contributed by atoms with van der Waals surface area (Å²) in [5.41, 5.74) is 1.02. The van der Waals surface area contributed by atoms with Crippen LogP contribution in [0.5, 0.6) is 0 Å². The fourth-order valence-electron chi connectivity index (χ4n) is 3.85. The topological polar surface area (TPSA) is 74.3 Å². The van der Waals surface area contributed by atoms with Crippen LogP contribution in [0.2, 0.25) is 0 Å². The molecule has 0 aromatic carbocycles. The summed E-state index contributed by atoms with van der Waals surface area (Å²) in [6.45, 7) is 3.92. The van der Waals surface area contributed by atoms with E-state index in [0.29, 0.717) is 13.1 Å². The molecule has 0 radical (unpaired) electrons. The highest BCUT2D eigenvalue weighted by Gasteiger charge is 2.32. The van der Waals surface area contributed by atoms with E-state index < -0.39 is 6.04 Å². The summed E-state index contributed by atoms with van der Waals surface area (Å²) < 4.78 is 0. The minimum Gasteiger partial charge on any atom is -0.344 e. The van der Waals surface area contributed by atoms with Gasteiger partial charge in [-0.1, -0.05) is 25.3 Å². The monoisotopic (exact) mass is 344 g/mol. The smallest absolute Gasteiger partial charge is 0.245 e. The fraction of sp³-hybridized carbons (Fsp3) is 0.632. The molecule has 2 atom stereocenters. The van der Waals surface area contributed by atoms with Crippen molar-refractivity contribution in [2.75, 3.05) is 19.6 Å². The lowest BCUT2D eigenvalue weighted by Crippen LogP contribution is -2.55.